The van der Waals surface area contributed by atoms with E-state index in [1.807, 2.05) is 6.07 Å². The number of carbonyl (C=O) groups excluding carboxylic acids is 3. The number of fused-ring (bicyclic) bond motifs is 1. The van der Waals surface area contributed by atoms with Crippen molar-refractivity contribution in [1.82, 2.24) is 20.5 Å². The van der Waals surface area contributed by atoms with Crippen LogP contribution in [0, 0.1) is 0 Å². The Kier molecular flexibility index (Phi) is 7.45. The zero-order valence-corrected chi connectivity index (χ0v) is 17.5. The predicted molar refractivity (Wildman–Crippen MR) is 111 cm³/mol. The summed E-state index contributed by atoms with van der Waals surface area (Å²) in [6.07, 6.45) is 4.50. The molecule has 12 heteroatoms. The Morgan fingerprint density at radius 1 is 1.41 bits per heavy atom. The van der Waals surface area contributed by atoms with E-state index < -0.39 is 23.3 Å². The van der Waals surface area contributed by atoms with E-state index in [0.717, 1.165) is 16.2 Å². The van der Waals surface area contributed by atoms with Crippen molar-refractivity contribution in [1.29, 1.82) is 0 Å². The van der Waals surface area contributed by atoms with Gasteiger partial charge in [0.1, 0.15) is 17.1 Å². The number of carboxylic acid groups (broad SMARTS) is 1. The molecule has 29 heavy (non-hydrogen) atoms. The van der Waals surface area contributed by atoms with Crippen molar-refractivity contribution in [3.63, 3.8) is 0 Å². The summed E-state index contributed by atoms with van der Waals surface area (Å²) in [6.45, 7) is 0.566. The van der Waals surface area contributed by atoms with E-state index in [4.69, 9.17) is 0 Å². The number of pyridine rings is 1. The summed E-state index contributed by atoms with van der Waals surface area (Å²) in [5, 5.41) is 14.4. The molecule has 1 saturated heterocycles. The molecule has 0 saturated carbocycles. The minimum absolute atomic E-state index is 0.0294. The molecule has 9 nitrogen and oxygen atoms in total. The van der Waals surface area contributed by atoms with E-state index in [1.54, 1.807) is 24.2 Å². The van der Waals surface area contributed by atoms with E-state index in [2.05, 4.69) is 15.6 Å². The first-order valence-electron chi connectivity index (χ1n) is 8.54. The summed E-state index contributed by atoms with van der Waals surface area (Å²) in [7, 11) is 0. The van der Waals surface area contributed by atoms with Crippen LogP contribution in [0.15, 0.2) is 34.0 Å². The van der Waals surface area contributed by atoms with Crippen molar-refractivity contribution in [2.75, 3.05) is 18.1 Å². The van der Waals surface area contributed by atoms with E-state index in [-0.39, 0.29) is 5.70 Å². The molecular formula is C17H18N4O5S3. The molecule has 0 spiro atoms. The zero-order valence-electron chi connectivity index (χ0n) is 15.1. The molecule has 0 unspecified atom stereocenters. The van der Waals surface area contributed by atoms with Gasteiger partial charge in [-0.3, -0.25) is 24.3 Å². The fourth-order valence-electron chi connectivity index (χ4n) is 2.89. The van der Waals surface area contributed by atoms with Crippen molar-refractivity contribution in [2.45, 2.75) is 22.1 Å². The van der Waals surface area contributed by atoms with Gasteiger partial charge in [-0.05, 0) is 11.6 Å². The second kappa shape index (κ2) is 10.0. The lowest BCUT2D eigenvalue weighted by Crippen LogP contribution is -2.69. The number of rotatable bonds is 11. The Bertz CT molecular complexity index is 850. The van der Waals surface area contributed by atoms with Crippen LogP contribution in [0.4, 0.5) is 0 Å². The Labute approximate surface area is 179 Å². The van der Waals surface area contributed by atoms with Crippen LogP contribution in [-0.2, 0) is 24.9 Å². The molecule has 2 atom stereocenters. The zero-order chi connectivity index (χ0) is 20.8. The minimum atomic E-state index is -1.17. The third-order valence-electron chi connectivity index (χ3n) is 4.21. The third kappa shape index (κ3) is 4.70. The van der Waals surface area contributed by atoms with E-state index in [9.17, 15) is 24.3 Å². The molecule has 0 bridgehead atoms. The first kappa shape index (κ1) is 21.5. The van der Waals surface area contributed by atoms with Gasteiger partial charge in [-0.2, -0.15) is 11.8 Å². The lowest BCUT2D eigenvalue weighted by molar-refractivity contribution is -0.149. The maximum absolute atomic E-state index is 12.3. The molecule has 1 fully saturated rings. The van der Waals surface area contributed by atoms with Gasteiger partial charge in [0.2, 0.25) is 12.8 Å². The predicted octanol–water partition coefficient (Wildman–Crippen LogP) is 0.479. The molecule has 3 amide bonds. The smallest absolute Gasteiger partial charge is 0.353 e. The molecule has 154 valence electrons. The van der Waals surface area contributed by atoms with Crippen molar-refractivity contribution in [2.24, 2.45) is 0 Å². The number of aromatic nitrogens is 1. The van der Waals surface area contributed by atoms with Gasteiger partial charge in [0, 0.05) is 46.0 Å². The van der Waals surface area contributed by atoms with Crippen LogP contribution in [0.1, 0.15) is 5.56 Å². The van der Waals surface area contributed by atoms with Gasteiger partial charge in [0.15, 0.2) is 0 Å². The topological polar surface area (TPSA) is 129 Å². The van der Waals surface area contributed by atoms with Crippen LogP contribution < -0.4 is 10.6 Å². The summed E-state index contributed by atoms with van der Waals surface area (Å²) in [6, 6.07) is 1.13. The fraction of sp³-hybridized carbons (Fsp3) is 0.353. The normalized spacial score (nSPS) is 20.6. The van der Waals surface area contributed by atoms with Gasteiger partial charge in [-0.15, -0.1) is 11.8 Å². The highest BCUT2D eigenvalue weighted by Crippen LogP contribution is 2.45. The van der Waals surface area contributed by atoms with Gasteiger partial charge >= 0.3 is 5.97 Å². The van der Waals surface area contributed by atoms with E-state index in [0.29, 0.717) is 35.8 Å². The van der Waals surface area contributed by atoms with Gasteiger partial charge < -0.3 is 15.7 Å². The Morgan fingerprint density at radius 3 is 2.97 bits per heavy atom. The average Bonchev–Trinajstić information content (AvgIpc) is 2.72. The number of hydrogen-bond donors (Lipinski definition) is 3. The van der Waals surface area contributed by atoms with Crippen LogP contribution in [-0.4, -0.2) is 69.2 Å². The number of hydrogen-bond acceptors (Lipinski definition) is 8. The Morgan fingerprint density at radius 2 is 2.24 bits per heavy atom. The van der Waals surface area contributed by atoms with Crippen LogP contribution in [0.2, 0.25) is 0 Å². The summed E-state index contributed by atoms with van der Waals surface area (Å²) in [5.41, 5.74) is 0.923. The summed E-state index contributed by atoms with van der Waals surface area (Å²) >= 11 is 4.38. The number of nitrogens with zero attached hydrogens (tertiary/aromatic N) is 2. The van der Waals surface area contributed by atoms with Crippen molar-refractivity contribution in [3.8, 4) is 0 Å². The maximum Gasteiger partial charge on any atom is 0.353 e. The molecule has 3 heterocycles. The Hall–Kier alpha value is -2.18. The van der Waals surface area contributed by atoms with Crippen LogP contribution >= 0.6 is 35.3 Å². The summed E-state index contributed by atoms with van der Waals surface area (Å²) in [4.78, 5) is 52.1. The molecular weight excluding hydrogens is 436 g/mol. The van der Waals surface area contributed by atoms with Crippen LogP contribution in [0.5, 0.6) is 0 Å². The molecule has 1 aromatic heterocycles. The number of aliphatic carboxylic acids is 1. The highest BCUT2D eigenvalue weighted by atomic mass is 32.2. The highest BCUT2D eigenvalue weighted by molar-refractivity contribution is 8.06. The molecule has 0 radical (unpaired) electrons. The van der Waals surface area contributed by atoms with Gasteiger partial charge in [0.05, 0.1) is 0 Å². The molecule has 3 rings (SSSR count). The lowest BCUT2D eigenvalue weighted by atomic mass is 10.1. The molecule has 2 aliphatic rings. The largest absolute Gasteiger partial charge is 0.477 e. The van der Waals surface area contributed by atoms with E-state index >= 15 is 0 Å². The monoisotopic (exact) mass is 454 g/mol. The second-order valence-electron chi connectivity index (χ2n) is 5.96. The molecule has 2 aliphatic heterocycles. The molecule has 0 aliphatic carbocycles. The first-order chi connectivity index (χ1) is 14.1. The third-order valence-corrected chi connectivity index (χ3v) is 7.88. The number of carbonyl (C=O) groups is 4. The quantitative estimate of drug-likeness (QED) is 0.248. The lowest BCUT2D eigenvalue weighted by Gasteiger charge is -2.48. The van der Waals surface area contributed by atoms with Gasteiger partial charge in [-0.1, -0.05) is 11.8 Å². The standard InChI is InChI=1S/C17H18N4O5S3/c22-8-19-3-4-27-6-10-5-18-2-1-11(10)29-12-7-28-16-13(20-9-23)15(24)21(16)14(12)17(25)26/h1-2,5,8-9,13,16H,3-4,6-7H2,(H,19,22)(H,20,23)(H,25,26)/t13-,16-/m1/s1. The maximum atomic E-state index is 12.3. The van der Waals surface area contributed by atoms with E-state index in [1.165, 1.54) is 28.4 Å². The number of thioether (sulfide) groups is 3. The van der Waals surface area contributed by atoms with Crippen LogP contribution in [0.3, 0.4) is 0 Å². The van der Waals surface area contributed by atoms with Crippen LogP contribution in [0.25, 0.3) is 0 Å². The number of carboxylic acids is 1. The van der Waals surface area contributed by atoms with Crippen molar-refractivity contribution >= 4 is 60.0 Å². The second-order valence-corrected chi connectivity index (χ2v) is 9.31. The molecule has 0 aromatic carbocycles. The SMILES string of the molecule is O=CNCCSCc1cnccc1SC1=C(C(=O)O)N2C(=O)[C@@H](NC=O)[C@H]2SC1. The van der Waals surface area contributed by atoms with Gasteiger partial charge in [-0.25, -0.2) is 4.79 Å². The Balaban J connectivity index is 1.77. The fourth-order valence-corrected chi connectivity index (χ4v) is 6.42. The molecule has 3 N–H and O–H groups in total. The summed E-state index contributed by atoms with van der Waals surface area (Å²) < 4.78 is 0. The number of β-lactam (4-membered cyclic amide) rings is 1. The highest BCUT2D eigenvalue weighted by Gasteiger charge is 2.53. The van der Waals surface area contributed by atoms with Crippen molar-refractivity contribution < 1.29 is 24.3 Å². The number of nitrogens with one attached hydrogen (secondary N) is 2. The van der Waals surface area contributed by atoms with Gasteiger partial charge in [0.25, 0.3) is 5.91 Å². The minimum Gasteiger partial charge on any atom is -0.477 e. The average molecular weight is 455 g/mol. The first-order valence-corrected chi connectivity index (χ1v) is 11.6. The number of amides is 3. The van der Waals surface area contributed by atoms with Crippen molar-refractivity contribution in [3.05, 3.63) is 34.6 Å². The molecule has 1 aromatic rings. The summed E-state index contributed by atoms with van der Waals surface area (Å²) in [5.74, 6) is 0.247.